The number of rotatable bonds is 6. The van der Waals surface area contributed by atoms with E-state index in [0.717, 1.165) is 36.1 Å². The van der Waals surface area contributed by atoms with Crippen LogP contribution in [-0.4, -0.2) is 20.5 Å². The van der Waals surface area contributed by atoms with Crippen LogP contribution in [0.25, 0.3) is 0 Å². The molecule has 0 amide bonds. The van der Waals surface area contributed by atoms with Crippen LogP contribution < -0.4 is 0 Å². The molecule has 0 aromatic carbocycles. The first-order valence-corrected chi connectivity index (χ1v) is 6.17. The van der Waals surface area contributed by atoms with Gasteiger partial charge in [0.05, 0.1) is 6.07 Å². The highest BCUT2D eigenvalue weighted by Gasteiger charge is 2.06. The Balaban J connectivity index is 2.34. The average molecular weight is 224 g/mol. The summed E-state index contributed by atoms with van der Waals surface area (Å²) in [6.07, 6.45) is 2.69. The third-order valence-corrected chi connectivity index (χ3v) is 3.19. The van der Waals surface area contributed by atoms with Gasteiger partial charge in [-0.05, 0) is 26.7 Å². The van der Waals surface area contributed by atoms with Crippen molar-refractivity contribution in [1.29, 1.82) is 5.26 Å². The van der Waals surface area contributed by atoms with E-state index in [2.05, 4.69) is 27.8 Å². The second kappa shape index (κ2) is 6.46. The lowest BCUT2D eigenvalue weighted by atomic mass is 10.3. The Kier molecular flexibility index (Phi) is 5.19. The molecule has 82 valence electrons. The van der Waals surface area contributed by atoms with Gasteiger partial charge in [0, 0.05) is 18.7 Å². The summed E-state index contributed by atoms with van der Waals surface area (Å²) in [4.78, 5) is 0. The zero-order valence-corrected chi connectivity index (χ0v) is 10.0. The lowest BCUT2D eigenvalue weighted by molar-refractivity contribution is 0.661. The molecule has 0 aliphatic carbocycles. The molecule has 5 heteroatoms. The van der Waals surface area contributed by atoms with Gasteiger partial charge < -0.3 is 4.57 Å². The Morgan fingerprint density at radius 2 is 2.20 bits per heavy atom. The Labute approximate surface area is 94.7 Å². The van der Waals surface area contributed by atoms with Crippen molar-refractivity contribution in [3.05, 3.63) is 5.82 Å². The number of thioether (sulfide) groups is 1. The van der Waals surface area contributed by atoms with Gasteiger partial charge in [-0.15, -0.1) is 10.2 Å². The van der Waals surface area contributed by atoms with Gasteiger partial charge in [0.1, 0.15) is 5.82 Å². The number of hydrogen-bond donors (Lipinski definition) is 0. The fourth-order valence-corrected chi connectivity index (χ4v) is 2.35. The Hall–Kier alpha value is -1.02. The van der Waals surface area contributed by atoms with E-state index in [1.54, 1.807) is 11.8 Å². The maximum atomic E-state index is 8.38. The summed E-state index contributed by atoms with van der Waals surface area (Å²) in [5.74, 6) is 1.98. The van der Waals surface area contributed by atoms with E-state index in [4.69, 9.17) is 5.26 Å². The number of aryl methyl sites for hydroxylation is 1. The maximum absolute atomic E-state index is 8.38. The van der Waals surface area contributed by atoms with Crippen LogP contribution in [0.4, 0.5) is 0 Å². The van der Waals surface area contributed by atoms with E-state index in [1.165, 1.54) is 0 Å². The fourth-order valence-electron chi connectivity index (χ4n) is 1.30. The van der Waals surface area contributed by atoms with Crippen molar-refractivity contribution in [2.75, 3.05) is 5.75 Å². The van der Waals surface area contributed by atoms with Crippen molar-refractivity contribution in [1.82, 2.24) is 14.8 Å². The van der Waals surface area contributed by atoms with E-state index < -0.39 is 0 Å². The molecule has 0 aliphatic rings. The summed E-state index contributed by atoms with van der Waals surface area (Å²) in [5.41, 5.74) is 0. The van der Waals surface area contributed by atoms with E-state index in [-0.39, 0.29) is 0 Å². The molecule has 15 heavy (non-hydrogen) atoms. The van der Waals surface area contributed by atoms with Gasteiger partial charge >= 0.3 is 0 Å². The topological polar surface area (TPSA) is 54.5 Å². The third-order valence-electron chi connectivity index (χ3n) is 2.13. The fraction of sp³-hybridized carbons (Fsp3) is 0.700. The summed E-state index contributed by atoms with van der Waals surface area (Å²) in [7, 11) is 0. The van der Waals surface area contributed by atoms with Gasteiger partial charge in [-0.2, -0.15) is 5.26 Å². The number of nitriles is 1. The smallest absolute Gasteiger partial charge is 0.191 e. The predicted molar refractivity (Wildman–Crippen MR) is 60.6 cm³/mol. The molecule has 0 aliphatic heterocycles. The Bertz CT molecular complexity index is 340. The molecule has 0 unspecified atom stereocenters. The standard InChI is InChI=1S/C10H16N4S/c1-3-14-9(2)12-13-10(14)15-8-6-4-5-7-11/h3-6,8H2,1-2H3. The van der Waals surface area contributed by atoms with Crippen molar-refractivity contribution in [2.45, 2.75) is 44.8 Å². The predicted octanol–water partition coefficient (Wildman–Crippen LogP) is 2.39. The molecule has 0 fully saturated rings. The van der Waals surface area contributed by atoms with Crippen LogP contribution in [0.3, 0.4) is 0 Å². The quantitative estimate of drug-likeness (QED) is 0.550. The Morgan fingerprint density at radius 3 is 2.87 bits per heavy atom. The second-order valence-electron chi connectivity index (χ2n) is 3.24. The molecule has 1 heterocycles. The summed E-state index contributed by atoms with van der Waals surface area (Å²) in [6, 6.07) is 2.15. The van der Waals surface area contributed by atoms with Gasteiger partial charge in [0.2, 0.25) is 0 Å². The molecule has 0 atom stereocenters. The Morgan fingerprint density at radius 1 is 1.40 bits per heavy atom. The van der Waals surface area contributed by atoms with Crippen molar-refractivity contribution in [3.8, 4) is 6.07 Å². The first-order valence-electron chi connectivity index (χ1n) is 5.19. The number of unbranched alkanes of at least 4 members (excludes halogenated alkanes) is 2. The molecule has 1 aromatic heterocycles. The minimum absolute atomic E-state index is 0.653. The zero-order valence-electron chi connectivity index (χ0n) is 9.23. The third kappa shape index (κ3) is 3.56. The summed E-state index contributed by atoms with van der Waals surface area (Å²) >= 11 is 1.72. The summed E-state index contributed by atoms with van der Waals surface area (Å²) in [5, 5.41) is 17.5. The van der Waals surface area contributed by atoms with Crippen LogP contribution >= 0.6 is 11.8 Å². The zero-order chi connectivity index (χ0) is 11.1. The molecule has 0 saturated carbocycles. The maximum Gasteiger partial charge on any atom is 0.191 e. The van der Waals surface area contributed by atoms with Crippen LogP contribution in [0.5, 0.6) is 0 Å². The van der Waals surface area contributed by atoms with Crippen LogP contribution in [0.2, 0.25) is 0 Å². The van der Waals surface area contributed by atoms with Crippen LogP contribution in [0, 0.1) is 18.3 Å². The second-order valence-corrected chi connectivity index (χ2v) is 4.30. The first-order chi connectivity index (χ1) is 7.29. The lowest BCUT2D eigenvalue weighted by Gasteiger charge is -2.03. The summed E-state index contributed by atoms with van der Waals surface area (Å²) < 4.78 is 2.11. The highest BCUT2D eigenvalue weighted by atomic mass is 32.2. The van der Waals surface area contributed by atoms with Crippen LogP contribution in [-0.2, 0) is 6.54 Å². The monoisotopic (exact) mass is 224 g/mol. The molecule has 0 N–H and O–H groups in total. The largest absolute Gasteiger partial charge is 0.307 e. The summed E-state index contributed by atoms with van der Waals surface area (Å²) in [6.45, 7) is 4.98. The highest BCUT2D eigenvalue weighted by Crippen LogP contribution is 2.18. The molecule has 0 saturated heterocycles. The van der Waals surface area contributed by atoms with E-state index in [9.17, 15) is 0 Å². The molecule has 4 nitrogen and oxygen atoms in total. The average Bonchev–Trinajstić information content (AvgIpc) is 2.59. The lowest BCUT2D eigenvalue weighted by Crippen LogP contribution is -1.99. The van der Waals surface area contributed by atoms with Crippen LogP contribution in [0.15, 0.2) is 5.16 Å². The van der Waals surface area contributed by atoms with E-state index >= 15 is 0 Å². The number of aromatic nitrogens is 3. The van der Waals surface area contributed by atoms with Gasteiger partial charge in [-0.3, -0.25) is 0 Å². The number of nitrogens with zero attached hydrogens (tertiary/aromatic N) is 4. The van der Waals surface area contributed by atoms with Gasteiger partial charge in [0.25, 0.3) is 0 Å². The molecule has 1 aromatic rings. The van der Waals surface area contributed by atoms with Gasteiger partial charge in [-0.1, -0.05) is 11.8 Å². The first kappa shape index (κ1) is 12.1. The molecule has 0 radical (unpaired) electrons. The van der Waals surface area contributed by atoms with Crippen molar-refractivity contribution < 1.29 is 0 Å². The van der Waals surface area contributed by atoms with Crippen molar-refractivity contribution in [3.63, 3.8) is 0 Å². The van der Waals surface area contributed by atoms with Gasteiger partial charge in [-0.25, -0.2) is 0 Å². The van der Waals surface area contributed by atoms with Crippen molar-refractivity contribution >= 4 is 11.8 Å². The SMILES string of the molecule is CCn1c(C)nnc1SCCCCC#N. The van der Waals surface area contributed by atoms with E-state index in [1.807, 2.05) is 6.92 Å². The normalized spacial score (nSPS) is 10.2. The van der Waals surface area contributed by atoms with Gasteiger partial charge in [0.15, 0.2) is 5.16 Å². The van der Waals surface area contributed by atoms with E-state index in [0.29, 0.717) is 6.42 Å². The molecular weight excluding hydrogens is 208 g/mol. The minimum atomic E-state index is 0.653. The van der Waals surface area contributed by atoms with Crippen LogP contribution in [0.1, 0.15) is 32.0 Å². The molecule has 1 rings (SSSR count). The van der Waals surface area contributed by atoms with Crippen molar-refractivity contribution in [2.24, 2.45) is 0 Å². The number of hydrogen-bond acceptors (Lipinski definition) is 4. The minimum Gasteiger partial charge on any atom is -0.307 e. The molecule has 0 bridgehead atoms. The molecular formula is C10H16N4S. The highest BCUT2D eigenvalue weighted by molar-refractivity contribution is 7.99. The molecule has 0 spiro atoms.